The molecule has 2 aromatic carbocycles. The van der Waals surface area contributed by atoms with E-state index in [1.54, 1.807) is 24.3 Å². The number of carbonyl (C=O) groups excluding carboxylic acids is 1. The van der Waals surface area contributed by atoms with Crippen LogP contribution in [0.5, 0.6) is 11.5 Å². The van der Waals surface area contributed by atoms with Gasteiger partial charge in [-0.05, 0) is 54.3 Å². The minimum absolute atomic E-state index is 0.0103. The third-order valence-corrected chi connectivity index (χ3v) is 5.48. The van der Waals surface area contributed by atoms with Crippen LogP contribution in [0.4, 0.5) is 0 Å². The number of ketones is 1. The van der Waals surface area contributed by atoms with Gasteiger partial charge in [-0.3, -0.25) is 4.79 Å². The van der Waals surface area contributed by atoms with E-state index in [9.17, 15) is 13.2 Å². The van der Waals surface area contributed by atoms with E-state index in [2.05, 4.69) is 0 Å². The summed E-state index contributed by atoms with van der Waals surface area (Å²) in [5, 5.41) is 0. The first-order valence-corrected chi connectivity index (χ1v) is 8.99. The van der Waals surface area contributed by atoms with Gasteiger partial charge in [0, 0.05) is 6.42 Å². The molecule has 0 fully saturated rings. The Hall–Kier alpha value is -2.34. The van der Waals surface area contributed by atoms with Crippen molar-refractivity contribution in [2.45, 2.75) is 31.1 Å². The number of carbonyl (C=O) groups is 1. The molecule has 24 heavy (non-hydrogen) atoms. The molecule has 1 aliphatic carbocycles. The monoisotopic (exact) mass is 346 g/mol. The maximum atomic E-state index is 12.5. The average molecular weight is 346 g/mol. The molecule has 0 spiro atoms. The maximum Gasteiger partial charge on any atom is 0.339 e. The Morgan fingerprint density at radius 1 is 1.08 bits per heavy atom. The number of hydrogen-bond acceptors (Lipinski definition) is 5. The van der Waals surface area contributed by atoms with Crippen molar-refractivity contribution < 1.29 is 22.1 Å². The summed E-state index contributed by atoms with van der Waals surface area (Å²) in [7, 11) is -2.52. The fourth-order valence-electron chi connectivity index (χ4n) is 3.09. The van der Waals surface area contributed by atoms with Crippen LogP contribution in [-0.4, -0.2) is 21.3 Å². The van der Waals surface area contributed by atoms with Crippen molar-refractivity contribution >= 4 is 15.9 Å². The van der Waals surface area contributed by atoms with E-state index in [4.69, 9.17) is 8.92 Å². The van der Waals surface area contributed by atoms with E-state index in [0.717, 1.165) is 11.1 Å². The zero-order valence-corrected chi connectivity index (χ0v) is 14.5. The Kier molecular flexibility index (Phi) is 4.09. The van der Waals surface area contributed by atoms with Crippen LogP contribution in [-0.2, 0) is 10.1 Å². The molecule has 2 aromatic rings. The fourth-order valence-corrected chi connectivity index (χ4v) is 4.03. The smallest absolute Gasteiger partial charge is 0.339 e. The molecule has 0 aliphatic heterocycles. The highest BCUT2D eigenvalue weighted by Gasteiger charge is 2.32. The number of methoxy groups -OCH3 is 1. The van der Waals surface area contributed by atoms with Gasteiger partial charge in [-0.15, -0.1) is 0 Å². The van der Waals surface area contributed by atoms with E-state index in [0.29, 0.717) is 17.7 Å². The molecule has 1 atom stereocenters. The quantitative estimate of drug-likeness (QED) is 0.793. The lowest BCUT2D eigenvalue weighted by atomic mass is 9.98. The van der Waals surface area contributed by atoms with Gasteiger partial charge < -0.3 is 8.92 Å². The third kappa shape index (κ3) is 2.78. The predicted octanol–water partition coefficient (Wildman–Crippen LogP) is 3.46. The van der Waals surface area contributed by atoms with Crippen molar-refractivity contribution in [2.24, 2.45) is 0 Å². The lowest BCUT2D eigenvalue weighted by Gasteiger charge is -2.13. The van der Waals surface area contributed by atoms with E-state index >= 15 is 0 Å². The van der Waals surface area contributed by atoms with Crippen LogP contribution >= 0.6 is 0 Å². The van der Waals surface area contributed by atoms with Gasteiger partial charge in [0.1, 0.15) is 10.6 Å². The highest BCUT2D eigenvalue weighted by atomic mass is 32.2. The Labute approximate surface area is 141 Å². The molecule has 126 valence electrons. The Balaban J connectivity index is 2.01. The topological polar surface area (TPSA) is 69.7 Å². The molecule has 0 amide bonds. The molecule has 6 heteroatoms. The normalized spacial score (nSPS) is 16.8. The first-order valence-electron chi connectivity index (χ1n) is 7.58. The summed E-state index contributed by atoms with van der Waals surface area (Å²) >= 11 is 0. The number of ether oxygens (including phenoxy) is 1. The minimum Gasteiger partial charge on any atom is -0.497 e. The van der Waals surface area contributed by atoms with E-state index in [1.807, 2.05) is 13.8 Å². The van der Waals surface area contributed by atoms with Gasteiger partial charge in [-0.2, -0.15) is 8.42 Å². The van der Waals surface area contributed by atoms with Crippen molar-refractivity contribution in [1.29, 1.82) is 0 Å². The number of Topliss-reactive ketones (excluding diaryl/α,β-unsaturated/α-hetero) is 1. The van der Waals surface area contributed by atoms with Gasteiger partial charge in [0.05, 0.1) is 12.7 Å². The van der Waals surface area contributed by atoms with Crippen molar-refractivity contribution in [3.05, 3.63) is 53.1 Å². The molecule has 1 unspecified atom stereocenters. The summed E-state index contributed by atoms with van der Waals surface area (Å²) in [6.07, 6.45) is 0.374. The second-order valence-electron chi connectivity index (χ2n) is 5.91. The number of rotatable bonds is 4. The zero-order valence-electron chi connectivity index (χ0n) is 13.7. The third-order valence-electron chi connectivity index (χ3n) is 4.24. The lowest BCUT2D eigenvalue weighted by Crippen LogP contribution is -2.12. The van der Waals surface area contributed by atoms with Crippen LogP contribution in [0.2, 0.25) is 0 Å². The second kappa shape index (κ2) is 5.94. The van der Waals surface area contributed by atoms with Gasteiger partial charge in [-0.25, -0.2) is 0 Å². The maximum absolute atomic E-state index is 12.5. The SMILES string of the molecule is COc1ccc(S(=O)(=O)Oc2ccc(C)c3c2C(=O)CC3C)cc1. The summed E-state index contributed by atoms with van der Waals surface area (Å²) in [5.74, 6) is 0.635. The molecule has 0 saturated carbocycles. The molecular formula is C18H18O5S. The molecule has 0 saturated heterocycles. The van der Waals surface area contributed by atoms with Crippen LogP contribution in [0.15, 0.2) is 41.3 Å². The molecule has 0 aromatic heterocycles. The summed E-state index contributed by atoms with van der Waals surface area (Å²) < 4.78 is 35.3. The van der Waals surface area contributed by atoms with Gasteiger partial charge >= 0.3 is 10.1 Å². The largest absolute Gasteiger partial charge is 0.497 e. The molecule has 0 heterocycles. The standard InChI is InChI=1S/C18H18O5S/c1-11-4-9-16(18-15(19)10-12(2)17(11)18)23-24(20,21)14-7-5-13(22-3)6-8-14/h4-9,12H,10H2,1-3H3. The van der Waals surface area contributed by atoms with Gasteiger partial charge in [0.2, 0.25) is 0 Å². The first kappa shape index (κ1) is 16.5. The Bertz CT molecular complexity index is 898. The average Bonchev–Trinajstić information content (AvgIpc) is 2.86. The van der Waals surface area contributed by atoms with E-state index in [-0.39, 0.29) is 22.3 Å². The van der Waals surface area contributed by atoms with Crippen molar-refractivity contribution in [3.8, 4) is 11.5 Å². The predicted molar refractivity (Wildman–Crippen MR) is 89.3 cm³/mol. The molecule has 0 radical (unpaired) electrons. The zero-order chi connectivity index (χ0) is 17.5. The fraction of sp³-hybridized carbons (Fsp3) is 0.278. The van der Waals surface area contributed by atoms with Gasteiger partial charge in [-0.1, -0.05) is 13.0 Å². The molecule has 1 aliphatic rings. The summed E-state index contributed by atoms with van der Waals surface area (Å²) in [6.45, 7) is 3.87. The van der Waals surface area contributed by atoms with Crippen molar-refractivity contribution in [1.82, 2.24) is 0 Å². The molecule has 0 N–H and O–H groups in total. The molecular weight excluding hydrogens is 328 g/mol. The molecule has 5 nitrogen and oxygen atoms in total. The van der Waals surface area contributed by atoms with Gasteiger partial charge in [0.15, 0.2) is 11.5 Å². The minimum atomic E-state index is -4.02. The highest BCUT2D eigenvalue weighted by molar-refractivity contribution is 7.87. The van der Waals surface area contributed by atoms with Crippen LogP contribution in [0.25, 0.3) is 0 Å². The van der Waals surface area contributed by atoms with Gasteiger partial charge in [0.25, 0.3) is 0 Å². The van der Waals surface area contributed by atoms with E-state index < -0.39 is 10.1 Å². The number of fused-ring (bicyclic) bond motifs is 1. The second-order valence-corrected chi connectivity index (χ2v) is 7.46. The van der Waals surface area contributed by atoms with Crippen molar-refractivity contribution in [3.63, 3.8) is 0 Å². The lowest BCUT2D eigenvalue weighted by molar-refractivity contribution is 0.0989. The summed E-state index contributed by atoms with van der Waals surface area (Å²) in [4.78, 5) is 12.3. The van der Waals surface area contributed by atoms with Crippen molar-refractivity contribution in [2.75, 3.05) is 7.11 Å². The molecule has 0 bridgehead atoms. The number of aryl methyl sites for hydroxylation is 1. The Morgan fingerprint density at radius 3 is 2.38 bits per heavy atom. The molecule has 3 rings (SSSR count). The number of benzene rings is 2. The van der Waals surface area contributed by atoms with Crippen LogP contribution in [0, 0.1) is 6.92 Å². The van der Waals surface area contributed by atoms with Crippen LogP contribution < -0.4 is 8.92 Å². The summed E-state index contributed by atoms with van der Waals surface area (Å²) in [6, 6.07) is 9.24. The Morgan fingerprint density at radius 2 is 1.75 bits per heavy atom. The number of hydrogen-bond donors (Lipinski definition) is 0. The van der Waals surface area contributed by atoms with E-state index in [1.165, 1.54) is 19.2 Å². The summed E-state index contributed by atoms with van der Waals surface area (Å²) in [5.41, 5.74) is 2.24. The van der Waals surface area contributed by atoms with Crippen LogP contribution in [0.3, 0.4) is 0 Å². The van der Waals surface area contributed by atoms with Crippen LogP contribution in [0.1, 0.15) is 40.7 Å². The highest BCUT2D eigenvalue weighted by Crippen LogP contribution is 2.40. The first-order chi connectivity index (χ1) is 11.3.